The standard InChI is InChI=1S/C22H25N5O2/c28-20(26-13-9-17-4-1-2-6-19(17)26)15-25-11-7-16(8-12-25)14-27-21-18(24-22(27)29)5-3-10-23-21/h1-6,10,16H,7-9,11-15H2,(H,24,29). The molecule has 7 nitrogen and oxygen atoms in total. The second-order valence-electron chi connectivity index (χ2n) is 8.06. The predicted molar refractivity (Wildman–Crippen MR) is 112 cm³/mol. The highest BCUT2D eigenvalue weighted by atomic mass is 16.2. The number of nitrogens with one attached hydrogen (secondary N) is 1. The first-order chi connectivity index (χ1) is 14.2. The lowest BCUT2D eigenvalue weighted by Gasteiger charge is -2.32. The third-order valence-electron chi connectivity index (χ3n) is 6.22. The van der Waals surface area contributed by atoms with E-state index >= 15 is 0 Å². The molecule has 150 valence electrons. The number of imidazole rings is 1. The molecule has 2 aromatic heterocycles. The van der Waals surface area contributed by atoms with Crippen LogP contribution in [0.15, 0.2) is 47.4 Å². The van der Waals surface area contributed by atoms with Crippen LogP contribution in [0.25, 0.3) is 11.2 Å². The zero-order valence-electron chi connectivity index (χ0n) is 16.4. The molecular weight excluding hydrogens is 366 g/mol. The summed E-state index contributed by atoms with van der Waals surface area (Å²) < 4.78 is 1.75. The second kappa shape index (κ2) is 7.48. The first kappa shape index (κ1) is 18.1. The lowest BCUT2D eigenvalue weighted by molar-refractivity contribution is -0.120. The highest BCUT2D eigenvalue weighted by molar-refractivity contribution is 5.96. The Kier molecular flexibility index (Phi) is 4.67. The number of rotatable bonds is 4. The van der Waals surface area contributed by atoms with E-state index in [0.717, 1.165) is 55.7 Å². The van der Waals surface area contributed by atoms with Gasteiger partial charge in [-0.25, -0.2) is 9.78 Å². The molecule has 2 aliphatic rings. The van der Waals surface area contributed by atoms with Gasteiger partial charge in [-0.3, -0.25) is 14.3 Å². The largest absolute Gasteiger partial charge is 0.327 e. The summed E-state index contributed by atoms with van der Waals surface area (Å²) in [5, 5.41) is 0. The summed E-state index contributed by atoms with van der Waals surface area (Å²) in [4.78, 5) is 36.5. The molecule has 0 spiro atoms. The Hall–Kier alpha value is -2.93. The maximum Gasteiger partial charge on any atom is 0.327 e. The smallest absolute Gasteiger partial charge is 0.311 e. The number of H-pyrrole nitrogens is 1. The average molecular weight is 391 g/mol. The highest BCUT2D eigenvalue weighted by Crippen LogP contribution is 2.28. The van der Waals surface area contributed by atoms with E-state index in [0.29, 0.717) is 19.0 Å². The number of pyridine rings is 1. The number of para-hydroxylation sites is 1. The van der Waals surface area contributed by atoms with Crippen molar-refractivity contribution in [3.63, 3.8) is 0 Å². The molecule has 1 N–H and O–H groups in total. The molecule has 2 aliphatic heterocycles. The van der Waals surface area contributed by atoms with Gasteiger partial charge in [-0.1, -0.05) is 18.2 Å². The van der Waals surface area contributed by atoms with Crippen LogP contribution in [0, 0.1) is 5.92 Å². The van der Waals surface area contributed by atoms with Crippen LogP contribution in [0.5, 0.6) is 0 Å². The minimum absolute atomic E-state index is 0.0935. The minimum Gasteiger partial charge on any atom is -0.311 e. The summed E-state index contributed by atoms with van der Waals surface area (Å²) in [6.07, 6.45) is 4.62. The first-order valence-corrected chi connectivity index (χ1v) is 10.3. The Labute approximate surface area is 169 Å². The van der Waals surface area contributed by atoms with E-state index in [-0.39, 0.29) is 11.6 Å². The number of hydrogen-bond donors (Lipinski definition) is 1. The number of hydrogen-bond acceptors (Lipinski definition) is 4. The van der Waals surface area contributed by atoms with Gasteiger partial charge in [-0.05, 0) is 62.0 Å². The molecule has 7 heteroatoms. The molecular formula is C22H25N5O2. The number of aromatic amines is 1. The summed E-state index contributed by atoms with van der Waals surface area (Å²) in [5.41, 5.74) is 3.74. The third-order valence-corrected chi connectivity index (χ3v) is 6.22. The van der Waals surface area contributed by atoms with Crippen LogP contribution < -0.4 is 10.6 Å². The fourth-order valence-electron chi connectivity index (χ4n) is 4.62. The number of piperidine rings is 1. The van der Waals surface area contributed by atoms with Crippen LogP contribution in [0.4, 0.5) is 5.69 Å². The molecule has 0 bridgehead atoms. The quantitative estimate of drug-likeness (QED) is 0.739. The van der Waals surface area contributed by atoms with Crippen molar-refractivity contribution in [2.45, 2.75) is 25.8 Å². The second-order valence-corrected chi connectivity index (χ2v) is 8.06. The molecule has 5 rings (SSSR count). The van der Waals surface area contributed by atoms with Crippen molar-refractivity contribution in [2.75, 3.05) is 31.1 Å². The molecule has 4 heterocycles. The third kappa shape index (κ3) is 3.46. The molecule has 0 atom stereocenters. The van der Waals surface area contributed by atoms with Crippen LogP contribution in [0.3, 0.4) is 0 Å². The van der Waals surface area contributed by atoms with Gasteiger partial charge in [0.25, 0.3) is 0 Å². The number of amides is 1. The summed E-state index contributed by atoms with van der Waals surface area (Å²) in [5.74, 6) is 0.609. The first-order valence-electron chi connectivity index (χ1n) is 10.3. The molecule has 0 unspecified atom stereocenters. The zero-order valence-corrected chi connectivity index (χ0v) is 16.4. The van der Waals surface area contributed by atoms with Crippen molar-refractivity contribution in [2.24, 2.45) is 5.92 Å². The number of likely N-dealkylation sites (tertiary alicyclic amines) is 1. The molecule has 1 amide bonds. The zero-order chi connectivity index (χ0) is 19.8. The van der Waals surface area contributed by atoms with Crippen molar-refractivity contribution in [1.29, 1.82) is 0 Å². The monoisotopic (exact) mass is 391 g/mol. The van der Waals surface area contributed by atoms with Gasteiger partial charge in [0.05, 0.1) is 12.1 Å². The van der Waals surface area contributed by atoms with Crippen LogP contribution in [0.1, 0.15) is 18.4 Å². The van der Waals surface area contributed by atoms with E-state index in [9.17, 15) is 9.59 Å². The Morgan fingerprint density at radius 1 is 1.10 bits per heavy atom. The molecule has 3 aromatic rings. The predicted octanol–water partition coefficient (Wildman–Crippen LogP) is 2.03. The lowest BCUT2D eigenvalue weighted by Crippen LogP contribution is -2.43. The summed E-state index contributed by atoms with van der Waals surface area (Å²) in [6, 6.07) is 11.9. The van der Waals surface area contributed by atoms with Gasteiger partial charge in [0, 0.05) is 25.0 Å². The van der Waals surface area contributed by atoms with Crippen molar-refractivity contribution in [1.82, 2.24) is 19.4 Å². The average Bonchev–Trinajstić information content (AvgIpc) is 3.31. The number of carbonyl (C=O) groups is 1. The normalized spacial score (nSPS) is 17.7. The lowest BCUT2D eigenvalue weighted by atomic mass is 9.96. The Morgan fingerprint density at radius 2 is 1.93 bits per heavy atom. The maximum absolute atomic E-state index is 12.8. The number of benzene rings is 1. The number of aromatic nitrogens is 3. The van der Waals surface area contributed by atoms with Crippen LogP contribution >= 0.6 is 0 Å². The molecule has 0 radical (unpaired) electrons. The number of nitrogens with zero attached hydrogens (tertiary/aromatic N) is 4. The van der Waals surface area contributed by atoms with E-state index in [1.807, 2.05) is 35.2 Å². The number of fused-ring (bicyclic) bond motifs is 2. The fraction of sp³-hybridized carbons (Fsp3) is 0.409. The van der Waals surface area contributed by atoms with Gasteiger partial charge in [0.15, 0.2) is 5.65 Å². The molecule has 0 saturated carbocycles. The molecule has 1 fully saturated rings. The highest BCUT2D eigenvalue weighted by Gasteiger charge is 2.27. The van der Waals surface area contributed by atoms with Crippen LogP contribution in [0.2, 0.25) is 0 Å². The van der Waals surface area contributed by atoms with Crippen molar-refractivity contribution in [3.05, 3.63) is 58.6 Å². The van der Waals surface area contributed by atoms with Crippen molar-refractivity contribution >= 4 is 22.8 Å². The maximum atomic E-state index is 12.8. The van der Waals surface area contributed by atoms with Gasteiger partial charge >= 0.3 is 5.69 Å². The van der Waals surface area contributed by atoms with Crippen molar-refractivity contribution in [3.8, 4) is 0 Å². The van der Waals surface area contributed by atoms with Gasteiger partial charge in [0.1, 0.15) is 0 Å². The summed E-state index contributed by atoms with van der Waals surface area (Å²) in [7, 11) is 0. The van der Waals surface area contributed by atoms with E-state index < -0.39 is 0 Å². The Morgan fingerprint density at radius 3 is 2.79 bits per heavy atom. The van der Waals surface area contributed by atoms with Gasteiger partial charge in [0.2, 0.25) is 5.91 Å². The minimum atomic E-state index is -0.0935. The number of carbonyl (C=O) groups excluding carboxylic acids is 1. The Bertz CT molecular complexity index is 1090. The van der Waals surface area contributed by atoms with Gasteiger partial charge in [-0.15, -0.1) is 0 Å². The van der Waals surface area contributed by atoms with E-state index in [1.54, 1.807) is 10.8 Å². The summed E-state index contributed by atoms with van der Waals surface area (Å²) >= 11 is 0. The topological polar surface area (TPSA) is 74.2 Å². The van der Waals surface area contributed by atoms with E-state index in [4.69, 9.17) is 0 Å². The van der Waals surface area contributed by atoms with Crippen LogP contribution in [-0.2, 0) is 17.8 Å². The SMILES string of the molecule is O=C(CN1CCC(Cn2c(=O)[nH]c3cccnc32)CC1)N1CCc2ccccc21. The van der Waals surface area contributed by atoms with Crippen molar-refractivity contribution < 1.29 is 4.79 Å². The van der Waals surface area contributed by atoms with E-state index in [1.165, 1.54) is 5.56 Å². The molecule has 1 saturated heterocycles. The van der Waals surface area contributed by atoms with Gasteiger partial charge < -0.3 is 9.88 Å². The van der Waals surface area contributed by atoms with Gasteiger partial charge in [-0.2, -0.15) is 0 Å². The Balaban J connectivity index is 1.18. The van der Waals surface area contributed by atoms with E-state index in [2.05, 4.69) is 20.9 Å². The molecule has 1 aromatic carbocycles. The number of anilines is 1. The van der Waals surface area contributed by atoms with Crippen LogP contribution in [-0.4, -0.2) is 51.5 Å². The molecule has 0 aliphatic carbocycles. The molecule has 29 heavy (non-hydrogen) atoms. The summed E-state index contributed by atoms with van der Waals surface area (Å²) in [6.45, 7) is 3.70. The fourth-order valence-corrected chi connectivity index (χ4v) is 4.62.